The van der Waals surface area contributed by atoms with Gasteiger partial charge in [-0.15, -0.1) is 5.10 Å². The number of benzene rings is 2. The summed E-state index contributed by atoms with van der Waals surface area (Å²) in [5.41, 5.74) is 0.752. The molecular formula is C23H28N4O6S. The van der Waals surface area contributed by atoms with Crippen LogP contribution < -0.4 is 14.8 Å². The number of hydrogen-bond acceptors (Lipinski definition) is 8. The van der Waals surface area contributed by atoms with Crippen molar-refractivity contribution < 1.29 is 27.1 Å². The van der Waals surface area contributed by atoms with Crippen LogP contribution in [0.15, 0.2) is 51.8 Å². The minimum atomic E-state index is -3.63. The molecule has 0 saturated carbocycles. The highest BCUT2D eigenvalue weighted by molar-refractivity contribution is 7.89. The van der Waals surface area contributed by atoms with Gasteiger partial charge in [0.1, 0.15) is 0 Å². The third-order valence-electron chi connectivity index (χ3n) is 5.15. The van der Waals surface area contributed by atoms with Gasteiger partial charge in [0.15, 0.2) is 11.5 Å². The van der Waals surface area contributed by atoms with Crippen molar-refractivity contribution in [3.05, 3.63) is 48.0 Å². The molecule has 0 aliphatic carbocycles. The van der Waals surface area contributed by atoms with E-state index in [4.69, 9.17) is 13.9 Å². The van der Waals surface area contributed by atoms with Crippen LogP contribution in [-0.2, 0) is 10.0 Å². The Morgan fingerprint density at radius 3 is 2.41 bits per heavy atom. The Hall–Kier alpha value is -3.44. The summed E-state index contributed by atoms with van der Waals surface area (Å²) in [6.45, 7) is 4.64. The van der Waals surface area contributed by atoms with E-state index >= 15 is 0 Å². The molecule has 1 amide bonds. The molecule has 0 fully saturated rings. The smallest absolute Gasteiger partial charge is 0.322 e. The number of sulfonamides is 1. The number of anilines is 1. The van der Waals surface area contributed by atoms with Gasteiger partial charge in [0.05, 0.1) is 24.7 Å². The van der Waals surface area contributed by atoms with Crippen molar-refractivity contribution in [2.75, 3.05) is 32.6 Å². The van der Waals surface area contributed by atoms with Gasteiger partial charge in [-0.05, 0) is 42.8 Å². The standard InChI is InChI=1S/C23H28N4O6S/c1-5-7-15-27(6-2)34(29,30)17-13-11-16(12-14-17)21(28)24-23-26-25-22(33-23)18-9-8-10-19(31-3)20(18)32-4/h8-14H,5-7,15H2,1-4H3,(H,24,26,28). The number of methoxy groups -OCH3 is 2. The fourth-order valence-corrected chi connectivity index (χ4v) is 4.81. The van der Waals surface area contributed by atoms with Crippen molar-refractivity contribution in [1.29, 1.82) is 0 Å². The highest BCUT2D eigenvalue weighted by Crippen LogP contribution is 2.37. The molecule has 0 spiro atoms. The van der Waals surface area contributed by atoms with Crippen LogP contribution in [0.4, 0.5) is 6.01 Å². The number of carbonyl (C=O) groups excluding carboxylic acids is 1. The maximum Gasteiger partial charge on any atom is 0.322 e. The zero-order valence-electron chi connectivity index (χ0n) is 19.6. The Morgan fingerprint density at radius 2 is 1.79 bits per heavy atom. The first-order valence-corrected chi connectivity index (χ1v) is 12.3. The van der Waals surface area contributed by atoms with Crippen LogP contribution >= 0.6 is 0 Å². The van der Waals surface area contributed by atoms with Crippen molar-refractivity contribution in [2.45, 2.75) is 31.6 Å². The molecule has 0 atom stereocenters. The highest BCUT2D eigenvalue weighted by atomic mass is 32.2. The van der Waals surface area contributed by atoms with Gasteiger partial charge in [-0.2, -0.15) is 4.31 Å². The SMILES string of the molecule is CCCCN(CC)S(=O)(=O)c1ccc(C(=O)Nc2nnc(-c3cccc(OC)c3OC)o2)cc1. The molecule has 0 saturated heterocycles. The summed E-state index contributed by atoms with van der Waals surface area (Å²) in [6, 6.07) is 10.8. The molecule has 1 heterocycles. The molecule has 2 aromatic carbocycles. The van der Waals surface area contributed by atoms with E-state index in [1.165, 1.54) is 42.8 Å². The quantitative estimate of drug-likeness (QED) is 0.432. The summed E-state index contributed by atoms with van der Waals surface area (Å²) in [5.74, 6) is 0.535. The van der Waals surface area contributed by atoms with E-state index in [1.807, 2.05) is 6.92 Å². The first-order valence-electron chi connectivity index (χ1n) is 10.8. The Balaban J connectivity index is 1.75. The average Bonchev–Trinajstić information content (AvgIpc) is 3.32. The van der Waals surface area contributed by atoms with E-state index in [-0.39, 0.29) is 22.4 Å². The Morgan fingerprint density at radius 1 is 1.06 bits per heavy atom. The number of hydrogen-bond donors (Lipinski definition) is 1. The summed E-state index contributed by atoms with van der Waals surface area (Å²) in [5, 5.41) is 10.3. The first kappa shape index (κ1) is 25.2. The van der Waals surface area contributed by atoms with Gasteiger partial charge in [-0.25, -0.2) is 8.42 Å². The number of nitrogens with one attached hydrogen (secondary N) is 1. The molecule has 3 rings (SSSR count). The zero-order chi connectivity index (χ0) is 24.7. The van der Waals surface area contributed by atoms with Crippen molar-refractivity contribution in [1.82, 2.24) is 14.5 Å². The second kappa shape index (κ2) is 11.1. The molecule has 0 aliphatic heterocycles. The van der Waals surface area contributed by atoms with Gasteiger partial charge in [-0.1, -0.05) is 31.4 Å². The van der Waals surface area contributed by atoms with Gasteiger partial charge >= 0.3 is 6.01 Å². The van der Waals surface area contributed by atoms with E-state index in [2.05, 4.69) is 15.5 Å². The van der Waals surface area contributed by atoms with Crippen LogP contribution in [0.25, 0.3) is 11.5 Å². The van der Waals surface area contributed by atoms with Crippen LogP contribution in [0, 0.1) is 0 Å². The number of carbonyl (C=O) groups is 1. The summed E-state index contributed by atoms with van der Waals surface area (Å²) in [6.07, 6.45) is 1.68. The molecule has 34 heavy (non-hydrogen) atoms. The molecule has 1 N–H and O–H groups in total. The van der Waals surface area contributed by atoms with Crippen LogP contribution in [0.3, 0.4) is 0 Å². The van der Waals surface area contributed by atoms with Crippen LogP contribution in [0.2, 0.25) is 0 Å². The highest BCUT2D eigenvalue weighted by Gasteiger charge is 2.23. The third kappa shape index (κ3) is 5.37. The largest absolute Gasteiger partial charge is 0.493 e. The predicted molar refractivity (Wildman–Crippen MR) is 127 cm³/mol. The van der Waals surface area contributed by atoms with Gasteiger partial charge in [0, 0.05) is 18.7 Å². The van der Waals surface area contributed by atoms with E-state index in [1.54, 1.807) is 25.1 Å². The molecule has 0 bridgehead atoms. The lowest BCUT2D eigenvalue weighted by Gasteiger charge is -2.20. The van der Waals surface area contributed by atoms with E-state index in [0.29, 0.717) is 30.2 Å². The monoisotopic (exact) mass is 488 g/mol. The third-order valence-corrected chi connectivity index (χ3v) is 7.14. The number of aromatic nitrogens is 2. The van der Waals surface area contributed by atoms with E-state index < -0.39 is 15.9 Å². The fourth-order valence-electron chi connectivity index (χ4n) is 3.32. The van der Waals surface area contributed by atoms with E-state index in [9.17, 15) is 13.2 Å². The number of ether oxygens (including phenoxy) is 2. The number of amides is 1. The normalized spacial score (nSPS) is 11.4. The Bertz CT molecular complexity index is 1220. The second-order valence-electron chi connectivity index (χ2n) is 7.28. The summed E-state index contributed by atoms with van der Waals surface area (Å²) in [4.78, 5) is 12.8. The van der Waals surface area contributed by atoms with Gasteiger partial charge in [0.2, 0.25) is 10.0 Å². The molecule has 1 aromatic heterocycles. The van der Waals surface area contributed by atoms with Gasteiger partial charge < -0.3 is 13.9 Å². The molecular weight excluding hydrogens is 460 g/mol. The maximum absolute atomic E-state index is 12.8. The van der Waals surface area contributed by atoms with Crippen molar-refractivity contribution in [3.8, 4) is 23.0 Å². The average molecular weight is 489 g/mol. The molecule has 10 nitrogen and oxygen atoms in total. The Labute approximate surface area is 198 Å². The van der Waals surface area contributed by atoms with Gasteiger partial charge in [0.25, 0.3) is 11.8 Å². The summed E-state index contributed by atoms with van der Waals surface area (Å²) < 4.78 is 43.3. The zero-order valence-corrected chi connectivity index (χ0v) is 20.4. The Kier molecular flexibility index (Phi) is 8.24. The fraction of sp³-hybridized carbons (Fsp3) is 0.348. The van der Waals surface area contributed by atoms with Crippen LogP contribution in [-0.4, -0.2) is 56.1 Å². The second-order valence-corrected chi connectivity index (χ2v) is 9.22. The first-order chi connectivity index (χ1) is 16.3. The lowest BCUT2D eigenvalue weighted by atomic mass is 10.2. The maximum atomic E-state index is 12.8. The van der Waals surface area contributed by atoms with E-state index in [0.717, 1.165) is 12.8 Å². The van der Waals surface area contributed by atoms with Crippen molar-refractivity contribution >= 4 is 21.9 Å². The minimum absolute atomic E-state index is 0.113. The molecule has 3 aromatic rings. The topological polar surface area (TPSA) is 124 Å². The molecule has 0 aliphatic rings. The van der Waals surface area contributed by atoms with Crippen LogP contribution in [0.5, 0.6) is 11.5 Å². The van der Waals surface area contributed by atoms with Crippen molar-refractivity contribution in [2.24, 2.45) is 0 Å². The molecule has 11 heteroatoms. The number of nitrogens with zero attached hydrogens (tertiary/aromatic N) is 3. The summed E-state index contributed by atoms with van der Waals surface area (Å²) in [7, 11) is -0.615. The molecule has 0 radical (unpaired) electrons. The lowest BCUT2D eigenvalue weighted by molar-refractivity contribution is 0.102. The number of unbranched alkanes of at least 4 members (excludes halogenated alkanes) is 1. The molecule has 182 valence electrons. The van der Waals surface area contributed by atoms with Crippen LogP contribution in [0.1, 0.15) is 37.0 Å². The number of rotatable bonds is 11. The predicted octanol–water partition coefficient (Wildman–Crippen LogP) is 3.82. The summed E-state index contributed by atoms with van der Waals surface area (Å²) >= 11 is 0. The van der Waals surface area contributed by atoms with Gasteiger partial charge in [-0.3, -0.25) is 10.1 Å². The molecule has 0 unspecified atom stereocenters. The number of para-hydroxylation sites is 1. The van der Waals surface area contributed by atoms with Crippen molar-refractivity contribution in [3.63, 3.8) is 0 Å². The lowest BCUT2D eigenvalue weighted by Crippen LogP contribution is -2.31. The minimum Gasteiger partial charge on any atom is -0.493 e.